The van der Waals surface area contributed by atoms with Crippen molar-refractivity contribution >= 4 is 40.6 Å². The fourth-order valence-electron chi connectivity index (χ4n) is 1.97. The van der Waals surface area contributed by atoms with E-state index in [1.54, 1.807) is 13.8 Å². The zero-order valence-corrected chi connectivity index (χ0v) is 15.9. The van der Waals surface area contributed by atoms with Crippen molar-refractivity contribution in [3.8, 4) is 5.88 Å². The minimum absolute atomic E-state index is 0.0726. The first-order valence-corrected chi connectivity index (χ1v) is 8.56. The monoisotopic (exact) mass is 428 g/mol. The minimum Gasteiger partial charge on any atom is -0.475 e. The molecule has 0 spiro atoms. The van der Waals surface area contributed by atoms with Crippen molar-refractivity contribution < 1.29 is 17.9 Å². The lowest BCUT2D eigenvalue weighted by Crippen LogP contribution is -2.15. The first-order chi connectivity index (χ1) is 12.1. The highest BCUT2D eigenvalue weighted by atomic mass is 35.5. The smallest absolute Gasteiger partial charge is 0.417 e. The minimum atomic E-state index is -4.52. The normalized spacial score (nSPS) is 12.8. The molecule has 0 fully saturated rings. The molecular formula is C15H14Cl3F3N4O. The highest BCUT2D eigenvalue weighted by Gasteiger charge is 2.31. The lowest BCUT2D eigenvalue weighted by molar-refractivity contribution is -0.137. The van der Waals surface area contributed by atoms with Gasteiger partial charge in [0.05, 0.1) is 23.2 Å². The van der Waals surface area contributed by atoms with Gasteiger partial charge >= 0.3 is 6.18 Å². The van der Waals surface area contributed by atoms with Gasteiger partial charge in [0.25, 0.3) is 0 Å². The van der Waals surface area contributed by atoms with E-state index in [9.17, 15) is 13.2 Å². The summed E-state index contributed by atoms with van der Waals surface area (Å²) in [5.74, 6) is 0.783. The lowest BCUT2D eigenvalue weighted by atomic mass is 10.3. The SMILES string of the molecule is Cc1nc(NCCOc2ncc(C(F)(F)F)cc2Cl)c(Cl)c(C(C)Cl)n1. The molecule has 5 nitrogen and oxygen atoms in total. The number of pyridine rings is 1. The van der Waals surface area contributed by atoms with Gasteiger partial charge in [-0.15, -0.1) is 11.6 Å². The number of hydrogen-bond donors (Lipinski definition) is 1. The van der Waals surface area contributed by atoms with Gasteiger partial charge in [-0.2, -0.15) is 13.2 Å². The van der Waals surface area contributed by atoms with Crippen molar-refractivity contribution in [1.82, 2.24) is 15.0 Å². The molecule has 142 valence electrons. The van der Waals surface area contributed by atoms with Crippen LogP contribution in [-0.4, -0.2) is 28.1 Å². The van der Waals surface area contributed by atoms with Crippen LogP contribution in [0.4, 0.5) is 19.0 Å². The van der Waals surface area contributed by atoms with Crippen LogP contribution in [0.15, 0.2) is 12.3 Å². The van der Waals surface area contributed by atoms with Crippen LogP contribution >= 0.6 is 34.8 Å². The van der Waals surface area contributed by atoms with Gasteiger partial charge in [0, 0.05) is 6.20 Å². The summed E-state index contributed by atoms with van der Waals surface area (Å²) in [6, 6.07) is 0.760. The van der Waals surface area contributed by atoms with Gasteiger partial charge in [0.15, 0.2) is 0 Å². The molecule has 0 aromatic carbocycles. The van der Waals surface area contributed by atoms with Crippen LogP contribution in [-0.2, 0) is 6.18 Å². The van der Waals surface area contributed by atoms with E-state index in [2.05, 4.69) is 20.3 Å². The number of hydrogen-bond acceptors (Lipinski definition) is 5. The predicted octanol–water partition coefficient (Wildman–Crippen LogP) is 5.30. The fourth-order valence-corrected chi connectivity index (χ4v) is 2.71. The number of aryl methyl sites for hydroxylation is 1. The van der Waals surface area contributed by atoms with Crippen molar-refractivity contribution in [2.45, 2.75) is 25.4 Å². The zero-order valence-electron chi connectivity index (χ0n) is 13.7. The summed E-state index contributed by atoms with van der Waals surface area (Å²) in [5.41, 5.74) is -0.448. The molecule has 11 heteroatoms. The molecule has 2 heterocycles. The Morgan fingerprint density at radius 1 is 1.27 bits per heavy atom. The lowest BCUT2D eigenvalue weighted by Gasteiger charge is -2.13. The van der Waals surface area contributed by atoms with Crippen molar-refractivity contribution in [1.29, 1.82) is 0 Å². The number of rotatable bonds is 6. The van der Waals surface area contributed by atoms with Gasteiger partial charge in [0.1, 0.15) is 28.3 Å². The molecule has 0 radical (unpaired) electrons. The Morgan fingerprint density at radius 2 is 1.96 bits per heavy atom. The number of nitrogens with one attached hydrogen (secondary N) is 1. The Hall–Kier alpha value is -1.51. The predicted molar refractivity (Wildman–Crippen MR) is 94.3 cm³/mol. The molecule has 1 N–H and O–H groups in total. The van der Waals surface area contributed by atoms with Gasteiger partial charge < -0.3 is 10.1 Å². The van der Waals surface area contributed by atoms with E-state index in [1.165, 1.54) is 0 Å². The standard InChI is InChI=1S/C15H14Cl3F3N4O/c1-7(16)12-11(18)13(25-8(2)24-12)22-3-4-26-14-10(17)5-9(6-23-14)15(19,20)21/h5-7H,3-4H2,1-2H3,(H,22,24,25). The van der Waals surface area contributed by atoms with Gasteiger partial charge in [-0.05, 0) is 19.9 Å². The maximum absolute atomic E-state index is 12.6. The number of halogens is 6. The van der Waals surface area contributed by atoms with Gasteiger partial charge in [0.2, 0.25) is 5.88 Å². The number of ether oxygens (including phenoxy) is 1. The Balaban J connectivity index is 1.98. The van der Waals surface area contributed by atoms with Crippen molar-refractivity contribution in [3.05, 3.63) is 39.4 Å². The molecule has 0 aliphatic carbocycles. The average molecular weight is 430 g/mol. The third-order valence-corrected chi connectivity index (χ3v) is 3.98. The van der Waals surface area contributed by atoms with E-state index in [-0.39, 0.29) is 24.1 Å². The molecule has 1 unspecified atom stereocenters. The van der Waals surface area contributed by atoms with Gasteiger partial charge in [-0.25, -0.2) is 15.0 Å². The van der Waals surface area contributed by atoms with E-state index in [0.717, 1.165) is 6.07 Å². The van der Waals surface area contributed by atoms with Crippen molar-refractivity contribution in [2.24, 2.45) is 0 Å². The second-order valence-corrected chi connectivity index (χ2v) is 6.66. The van der Waals surface area contributed by atoms with E-state index in [0.29, 0.717) is 28.6 Å². The Kier molecular flexibility index (Phi) is 6.76. The molecule has 0 saturated carbocycles. The molecule has 2 aromatic heterocycles. The molecule has 0 bridgehead atoms. The number of aromatic nitrogens is 3. The summed E-state index contributed by atoms with van der Waals surface area (Å²) >= 11 is 18.0. The first kappa shape index (κ1) is 20.8. The second kappa shape index (κ2) is 8.45. The van der Waals surface area contributed by atoms with Gasteiger partial charge in [-0.3, -0.25) is 0 Å². The summed E-state index contributed by atoms with van der Waals surface area (Å²) in [7, 11) is 0. The van der Waals surface area contributed by atoms with Crippen molar-refractivity contribution in [2.75, 3.05) is 18.5 Å². The number of nitrogens with zero attached hydrogens (tertiary/aromatic N) is 3. The van der Waals surface area contributed by atoms with Crippen molar-refractivity contribution in [3.63, 3.8) is 0 Å². The maximum atomic E-state index is 12.6. The molecule has 1 atom stereocenters. The Bertz CT molecular complexity index is 787. The maximum Gasteiger partial charge on any atom is 0.417 e. The highest BCUT2D eigenvalue weighted by Crippen LogP contribution is 2.33. The van der Waals surface area contributed by atoms with Crippen LogP contribution < -0.4 is 10.1 Å². The molecule has 2 rings (SSSR count). The third-order valence-electron chi connectivity index (χ3n) is 3.13. The van der Waals surface area contributed by atoms with Gasteiger partial charge in [-0.1, -0.05) is 23.2 Å². The van der Waals surface area contributed by atoms with E-state index < -0.39 is 17.1 Å². The summed E-state index contributed by atoms with van der Waals surface area (Å²) in [6.45, 7) is 3.77. The van der Waals surface area contributed by atoms with Crippen LogP contribution in [0.3, 0.4) is 0 Å². The van der Waals surface area contributed by atoms with Crippen LogP contribution in [0.25, 0.3) is 0 Å². The molecule has 0 aliphatic rings. The molecule has 26 heavy (non-hydrogen) atoms. The summed E-state index contributed by atoms with van der Waals surface area (Å²) < 4.78 is 43.0. The Morgan fingerprint density at radius 3 is 2.54 bits per heavy atom. The average Bonchev–Trinajstić information content (AvgIpc) is 2.54. The zero-order chi connectivity index (χ0) is 19.5. The molecule has 0 amide bonds. The quantitative estimate of drug-likeness (QED) is 0.499. The summed E-state index contributed by atoms with van der Waals surface area (Å²) in [5, 5.41) is 2.63. The Labute approximate surface area is 162 Å². The highest BCUT2D eigenvalue weighted by molar-refractivity contribution is 6.34. The van der Waals surface area contributed by atoms with Crippen LogP contribution in [0, 0.1) is 6.92 Å². The number of alkyl halides is 4. The van der Waals surface area contributed by atoms with Crippen LogP contribution in [0.5, 0.6) is 5.88 Å². The van der Waals surface area contributed by atoms with E-state index in [4.69, 9.17) is 39.5 Å². The van der Waals surface area contributed by atoms with Crippen LogP contribution in [0.1, 0.15) is 29.4 Å². The second-order valence-electron chi connectivity index (χ2n) is 5.22. The fraction of sp³-hybridized carbons (Fsp3) is 0.400. The summed E-state index contributed by atoms with van der Waals surface area (Å²) in [6.07, 6.45) is -3.86. The molecule has 2 aromatic rings. The topological polar surface area (TPSA) is 59.9 Å². The van der Waals surface area contributed by atoms with E-state index in [1.807, 2.05) is 0 Å². The van der Waals surface area contributed by atoms with E-state index >= 15 is 0 Å². The summed E-state index contributed by atoms with van der Waals surface area (Å²) in [4.78, 5) is 12.0. The third kappa shape index (κ3) is 5.25. The first-order valence-electron chi connectivity index (χ1n) is 7.37. The molecular weight excluding hydrogens is 416 g/mol. The van der Waals surface area contributed by atoms with Crippen LogP contribution in [0.2, 0.25) is 10.0 Å². The molecule has 0 aliphatic heterocycles. The molecule has 0 saturated heterocycles. The largest absolute Gasteiger partial charge is 0.475 e. The number of anilines is 1.